The summed E-state index contributed by atoms with van der Waals surface area (Å²) in [4.78, 5) is 25.3. The van der Waals surface area contributed by atoms with Gasteiger partial charge in [0.05, 0.1) is 22.7 Å². The van der Waals surface area contributed by atoms with Crippen LogP contribution in [-0.2, 0) is 11.0 Å². The first kappa shape index (κ1) is 19.3. The summed E-state index contributed by atoms with van der Waals surface area (Å²) in [5.74, 6) is -0.507. The second kappa shape index (κ2) is 7.79. The standard InChI is InChI=1S/C17H11F3N6OS2/c18-17(19,20)10-1-2-13(26-9-21-7-24-26)12(5-10)25-14(27)6-29-16-11-3-4-28-15(11)22-8-23-16/h1-5,7-9H,6H2,(H,25,27). The molecule has 0 aliphatic heterocycles. The van der Waals surface area contributed by atoms with Crippen LogP contribution in [0, 0.1) is 0 Å². The Balaban J connectivity index is 1.55. The zero-order valence-corrected chi connectivity index (χ0v) is 16.1. The van der Waals surface area contributed by atoms with Crippen molar-refractivity contribution in [1.29, 1.82) is 0 Å². The molecule has 0 atom stereocenters. The number of hydrogen-bond donors (Lipinski definition) is 1. The summed E-state index contributed by atoms with van der Waals surface area (Å²) in [6, 6.07) is 4.90. The van der Waals surface area contributed by atoms with Crippen LogP contribution in [0.1, 0.15) is 5.56 Å². The van der Waals surface area contributed by atoms with Crippen molar-refractivity contribution in [2.45, 2.75) is 11.2 Å². The number of hydrogen-bond acceptors (Lipinski definition) is 7. The number of nitrogens with one attached hydrogen (secondary N) is 1. The fourth-order valence-electron chi connectivity index (χ4n) is 2.55. The molecule has 148 valence electrons. The third-order valence-electron chi connectivity index (χ3n) is 3.83. The molecule has 0 saturated heterocycles. The molecule has 12 heteroatoms. The quantitative estimate of drug-likeness (QED) is 0.376. The highest BCUT2D eigenvalue weighted by molar-refractivity contribution is 8.00. The largest absolute Gasteiger partial charge is 0.416 e. The molecule has 1 amide bonds. The van der Waals surface area contributed by atoms with E-state index in [0.717, 1.165) is 22.3 Å². The lowest BCUT2D eigenvalue weighted by atomic mass is 10.1. The van der Waals surface area contributed by atoms with Crippen LogP contribution in [0.15, 0.2) is 53.7 Å². The number of halogens is 3. The first-order chi connectivity index (χ1) is 13.9. The average molecular weight is 436 g/mol. The number of amides is 1. The molecule has 29 heavy (non-hydrogen) atoms. The molecule has 0 bridgehead atoms. The molecule has 0 fully saturated rings. The monoisotopic (exact) mass is 436 g/mol. The molecule has 0 aliphatic carbocycles. The minimum absolute atomic E-state index is 0.0145. The van der Waals surface area contributed by atoms with Gasteiger partial charge in [0.1, 0.15) is 28.8 Å². The van der Waals surface area contributed by atoms with Crippen molar-refractivity contribution in [1.82, 2.24) is 24.7 Å². The molecule has 0 unspecified atom stereocenters. The van der Waals surface area contributed by atoms with Crippen molar-refractivity contribution in [3.63, 3.8) is 0 Å². The molecular formula is C17H11F3N6OS2. The SMILES string of the molecule is O=C(CSc1ncnc2sccc12)Nc1cc(C(F)(F)F)ccc1-n1cncn1. The third kappa shape index (κ3) is 4.22. The van der Waals surface area contributed by atoms with Crippen molar-refractivity contribution < 1.29 is 18.0 Å². The van der Waals surface area contributed by atoms with Crippen molar-refractivity contribution >= 4 is 44.9 Å². The Morgan fingerprint density at radius 3 is 2.83 bits per heavy atom. The van der Waals surface area contributed by atoms with E-state index in [9.17, 15) is 18.0 Å². The van der Waals surface area contributed by atoms with Gasteiger partial charge in [0.25, 0.3) is 0 Å². The zero-order valence-electron chi connectivity index (χ0n) is 14.4. The van der Waals surface area contributed by atoms with Gasteiger partial charge in [0.2, 0.25) is 5.91 Å². The van der Waals surface area contributed by atoms with Gasteiger partial charge in [-0.1, -0.05) is 11.8 Å². The van der Waals surface area contributed by atoms with Gasteiger partial charge in [0, 0.05) is 5.39 Å². The zero-order chi connectivity index (χ0) is 20.4. The maximum atomic E-state index is 13.1. The highest BCUT2D eigenvalue weighted by atomic mass is 32.2. The molecule has 4 rings (SSSR count). The van der Waals surface area contributed by atoms with E-state index in [4.69, 9.17) is 0 Å². The summed E-state index contributed by atoms with van der Waals surface area (Å²) in [5, 5.41) is 9.79. The predicted molar refractivity (Wildman–Crippen MR) is 103 cm³/mol. The Kier molecular flexibility index (Phi) is 5.20. The number of carbonyl (C=O) groups excluding carboxylic acids is 1. The fraction of sp³-hybridized carbons (Fsp3) is 0.118. The Labute approximate surface area is 170 Å². The summed E-state index contributed by atoms with van der Waals surface area (Å²) < 4.78 is 40.6. The maximum absolute atomic E-state index is 13.1. The minimum atomic E-state index is -4.54. The second-order valence-electron chi connectivity index (χ2n) is 5.72. The van der Waals surface area contributed by atoms with E-state index in [1.165, 1.54) is 52.8 Å². The summed E-state index contributed by atoms with van der Waals surface area (Å²) in [5.41, 5.74) is -0.615. The van der Waals surface area contributed by atoms with E-state index >= 15 is 0 Å². The number of nitrogens with zero attached hydrogens (tertiary/aromatic N) is 5. The normalized spacial score (nSPS) is 11.7. The number of rotatable bonds is 5. The van der Waals surface area contributed by atoms with Crippen molar-refractivity contribution in [3.05, 3.63) is 54.2 Å². The molecule has 3 aromatic heterocycles. The van der Waals surface area contributed by atoms with Gasteiger partial charge in [-0.25, -0.2) is 19.6 Å². The van der Waals surface area contributed by atoms with Crippen LogP contribution in [0.4, 0.5) is 18.9 Å². The summed E-state index contributed by atoms with van der Waals surface area (Å²) >= 11 is 2.64. The highest BCUT2D eigenvalue weighted by Gasteiger charge is 2.31. The molecule has 4 aromatic rings. The van der Waals surface area contributed by atoms with Crippen LogP contribution in [0.25, 0.3) is 15.9 Å². The molecule has 1 aromatic carbocycles. The lowest BCUT2D eigenvalue weighted by Crippen LogP contribution is -2.17. The molecular weight excluding hydrogens is 425 g/mol. The average Bonchev–Trinajstić information content (AvgIpc) is 3.37. The van der Waals surface area contributed by atoms with E-state index in [1.54, 1.807) is 0 Å². The molecule has 0 saturated carbocycles. The van der Waals surface area contributed by atoms with Gasteiger partial charge in [-0.2, -0.15) is 18.3 Å². The number of thiophene rings is 1. The Morgan fingerprint density at radius 1 is 1.21 bits per heavy atom. The fourth-order valence-corrected chi connectivity index (χ4v) is 4.13. The van der Waals surface area contributed by atoms with Crippen LogP contribution < -0.4 is 5.32 Å². The Bertz CT molecular complexity index is 1160. The highest BCUT2D eigenvalue weighted by Crippen LogP contribution is 2.33. The topological polar surface area (TPSA) is 85.6 Å². The predicted octanol–water partition coefficient (Wildman–Crippen LogP) is 4.02. The number of carbonyl (C=O) groups is 1. The smallest absolute Gasteiger partial charge is 0.323 e. The Morgan fingerprint density at radius 2 is 2.07 bits per heavy atom. The van der Waals surface area contributed by atoms with Gasteiger partial charge in [0.15, 0.2) is 0 Å². The van der Waals surface area contributed by atoms with Gasteiger partial charge in [-0.15, -0.1) is 11.3 Å². The lowest BCUT2D eigenvalue weighted by Gasteiger charge is -2.14. The van der Waals surface area contributed by atoms with Crippen molar-refractivity contribution in [2.75, 3.05) is 11.1 Å². The molecule has 0 spiro atoms. The summed E-state index contributed by atoms with van der Waals surface area (Å²) in [6.45, 7) is 0. The number of anilines is 1. The van der Waals surface area contributed by atoms with Crippen molar-refractivity contribution in [3.8, 4) is 5.69 Å². The van der Waals surface area contributed by atoms with Crippen LogP contribution in [-0.4, -0.2) is 36.4 Å². The van der Waals surface area contributed by atoms with Crippen molar-refractivity contribution in [2.24, 2.45) is 0 Å². The van der Waals surface area contributed by atoms with E-state index < -0.39 is 17.6 Å². The first-order valence-electron chi connectivity index (χ1n) is 8.09. The minimum Gasteiger partial charge on any atom is -0.323 e. The van der Waals surface area contributed by atoms with E-state index in [1.807, 2.05) is 11.4 Å². The van der Waals surface area contributed by atoms with Crippen LogP contribution in [0.5, 0.6) is 0 Å². The number of fused-ring (bicyclic) bond motifs is 1. The van der Waals surface area contributed by atoms with Crippen LogP contribution >= 0.6 is 23.1 Å². The number of aromatic nitrogens is 5. The molecule has 3 heterocycles. The van der Waals surface area contributed by atoms with Gasteiger partial charge in [-0.3, -0.25) is 4.79 Å². The summed E-state index contributed by atoms with van der Waals surface area (Å²) in [6.07, 6.45) is -0.545. The second-order valence-corrected chi connectivity index (χ2v) is 7.58. The van der Waals surface area contributed by atoms with E-state index in [0.29, 0.717) is 5.03 Å². The number of thioether (sulfide) groups is 1. The van der Waals surface area contributed by atoms with Crippen LogP contribution in [0.2, 0.25) is 0 Å². The molecule has 1 N–H and O–H groups in total. The summed E-state index contributed by atoms with van der Waals surface area (Å²) in [7, 11) is 0. The Hall–Kier alpha value is -2.99. The number of alkyl halides is 3. The van der Waals surface area contributed by atoms with E-state index in [-0.39, 0.29) is 17.1 Å². The third-order valence-corrected chi connectivity index (χ3v) is 5.65. The molecule has 0 aliphatic rings. The molecule has 7 nitrogen and oxygen atoms in total. The first-order valence-corrected chi connectivity index (χ1v) is 9.95. The maximum Gasteiger partial charge on any atom is 0.416 e. The van der Waals surface area contributed by atoms with Gasteiger partial charge in [-0.05, 0) is 29.6 Å². The lowest BCUT2D eigenvalue weighted by molar-refractivity contribution is -0.137. The van der Waals surface area contributed by atoms with Gasteiger partial charge < -0.3 is 5.32 Å². The van der Waals surface area contributed by atoms with Gasteiger partial charge >= 0.3 is 6.18 Å². The number of benzene rings is 1. The van der Waals surface area contributed by atoms with Crippen LogP contribution in [0.3, 0.4) is 0 Å². The molecule has 0 radical (unpaired) electrons. The van der Waals surface area contributed by atoms with E-state index in [2.05, 4.69) is 25.4 Å².